The van der Waals surface area contributed by atoms with Crippen LogP contribution in [-0.4, -0.2) is 29.2 Å². The van der Waals surface area contributed by atoms with Gasteiger partial charge in [-0.1, -0.05) is 23.2 Å². The molecule has 0 saturated carbocycles. The molecule has 1 N–H and O–H groups in total. The van der Waals surface area contributed by atoms with E-state index in [1.165, 1.54) is 0 Å². The van der Waals surface area contributed by atoms with E-state index in [1.807, 2.05) is 18.0 Å². The van der Waals surface area contributed by atoms with Crippen LogP contribution in [0.3, 0.4) is 0 Å². The maximum atomic E-state index is 9.69. The van der Waals surface area contributed by atoms with Crippen molar-refractivity contribution in [2.24, 2.45) is 0 Å². The summed E-state index contributed by atoms with van der Waals surface area (Å²) in [5, 5.41) is 11.1. The van der Waals surface area contributed by atoms with Crippen molar-refractivity contribution in [2.75, 3.05) is 13.6 Å². The van der Waals surface area contributed by atoms with E-state index in [-0.39, 0.29) is 0 Å². The number of hydrogen-bond donors (Lipinski definition) is 1. The van der Waals surface area contributed by atoms with Crippen molar-refractivity contribution in [3.63, 3.8) is 0 Å². The number of likely N-dealkylation sites (N-methyl/N-ethyl adjacent to an activating group) is 1. The Bertz CT molecular complexity index is 361. The Morgan fingerprint density at radius 3 is 2.50 bits per heavy atom. The maximum Gasteiger partial charge on any atom is 0.0718 e. The Morgan fingerprint density at radius 1 is 1.31 bits per heavy atom. The lowest BCUT2D eigenvalue weighted by atomic mass is 10.1. The van der Waals surface area contributed by atoms with Crippen molar-refractivity contribution in [1.29, 1.82) is 0 Å². The average Bonchev–Trinajstić information content (AvgIpc) is 2.08. The van der Waals surface area contributed by atoms with Crippen LogP contribution in [0, 0.1) is 0 Å². The van der Waals surface area contributed by atoms with Crippen LogP contribution in [0.2, 0.25) is 10.0 Å². The summed E-state index contributed by atoms with van der Waals surface area (Å²) < 4.78 is 0. The molecule has 1 aromatic carbocycles. The van der Waals surface area contributed by atoms with Crippen LogP contribution in [0.15, 0.2) is 18.2 Å². The highest BCUT2D eigenvalue weighted by molar-refractivity contribution is 6.33. The quantitative estimate of drug-likeness (QED) is 0.900. The van der Waals surface area contributed by atoms with Crippen LogP contribution in [0.25, 0.3) is 0 Å². The second-order valence-electron chi connectivity index (χ2n) is 4.72. The van der Waals surface area contributed by atoms with E-state index >= 15 is 0 Å². The molecule has 0 amide bonds. The van der Waals surface area contributed by atoms with Gasteiger partial charge in [-0.05, 0) is 44.7 Å². The molecule has 90 valence electrons. The summed E-state index contributed by atoms with van der Waals surface area (Å²) in [5.74, 6) is 0. The Hall–Kier alpha value is -0.280. The SMILES string of the molecule is CN(Cc1cc(Cl)ccc1Cl)CC(C)(C)O. The minimum atomic E-state index is -0.709. The molecule has 0 saturated heterocycles. The lowest BCUT2D eigenvalue weighted by molar-refractivity contribution is 0.0425. The summed E-state index contributed by atoms with van der Waals surface area (Å²) in [4.78, 5) is 2.01. The Kier molecular flexibility index (Phi) is 4.62. The normalized spacial score (nSPS) is 12.2. The van der Waals surface area contributed by atoms with Crippen molar-refractivity contribution in [1.82, 2.24) is 4.90 Å². The van der Waals surface area contributed by atoms with Crippen LogP contribution >= 0.6 is 23.2 Å². The van der Waals surface area contributed by atoms with Gasteiger partial charge < -0.3 is 5.11 Å². The molecule has 0 heterocycles. The topological polar surface area (TPSA) is 23.5 Å². The number of rotatable bonds is 4. The van der Waals surface area contributed by atoms with E-state index in [2.05, 4.69) is 0 Å². The van der Waals surface area contributed by atoms with E-state index in [0.29, 0.717) is 23.1 Å². The molecule has 1 aromatic rings. The highest BCUT2D eigenvalue weighted by Crippen LogP contribution is 2.22. The first-order chi connectivity index (χ1) is 7.28. The van der Waals surface area contributed by atoms with E-state index in [1.54, 1.807) is 26.0 Å². The smallest absolute Gasteiger partial charge is 0.0718 e. The highest BCUT2D eigenvalue weighted by Gasteiger charge is 2.16. The highest BCUT2D eigenvalue weighted by atomic mass is 35.5. The fourth-order valence-electron chi connectivity index (χ4n) is 1.67. The lowest BCUT2D eigenvalue weighted by Gasteiger charge is -2.25. The number of nitrogens with zero attached hydrogens (tertiary/aromatic N) is 1. The Labute approximate surface area is 107 Å². The third kappa shape index (κ3) is 4.71. The summed E-state index contributed by atoms with van der Waals surface area (Å²) in [6.45, 7) is 4.81. The zero-order chi connectivity index (χ0) is 12.3. The van der Waals surface area contributed by atoms with Crippen molar-refractivity contribution < 1.29 is 5.11 Å². The molecular formula is C12H17Cl2NO. The van der Waals surface area contributed by atoms with Gasteiger partial charge in [0.05, 0.1) is 5.60 Å². The fourth-order valence-corrected chi connectivity index (χ4v) is 2.04. The molecule has 0 atom stereocenters. The van der Waals surface area contributed by atoms with Gasteiger partial charge in [0.25, 0.3) is 0 Å². The Balaban J connectivity index is 2.69. The van der Waals surface area contributed by atoms with Crippen LogP contribution in [0.5, 0.6) is 0 Å². The monoisotopic (exact) mass is 261 g/mol. The molecule has 0 bridgehead atoms. The van der Waals surface area contributed by atoms with Crippen LogP contribution < -0.4 is 0 Å². The van der Waals surface area contributed by atoms with Gasteiger partial charge in [0.2, 0.25) is 0 Å². The summed E-state index contributed by atoms with van der Waals surface area (Å²) in [6.07, 6.45) is 0. The minimum absolute atomic E-state index is 0.579. The lowest BCUT2D eigenvalue weighted by Crippen LogP contribution is -2.35. The summed E-state index contributed by atoms with van der Waals surface area (Å²) in [7, 11) is 1.94. The molecule has 0 spiro atoms. The third-order valence-electron chi connectivity index (χ3n) is 2.10. The molecule has 0 aromatic heterocycles. The number of halogens is 2. The third-order valence-corrected chi connectivity index (χ3v) is 2.71. The molecule has 4 heteroatoms. The number of benzene rings is 1. The molecule has 1 rings (SSSR count). The van der Waals surface area contributed by atoms with Gasteiger partial charge in [0.1, 0.15) is 0 Å². The van der Waals surface area contributed by atoms with E-state index in [0.717, 1.165) is 5.56 Å². The predicted molar refractivity (Wildman–Crippen MR) is 69.1 cm³/mol. The maximum absolute atomic E-state index is 9.69. The van der Waals surface area contributed by atoms with Gasteiger partial charge in [0, 0.05) is 23.1 Å². The summed E-state index contributed by atoms with van der Waals surface area (Å²) >= 11 is 12.0. The molecule has 16 heavy (non-hydrogen) atoms. The van der Waals surface area contributed by atoms with Gasteiger partial charge in [0.15, 0.2) is 0 Å². The zero-order valence-corrected chi connectivity index (χ0v) is 11.3. The van der Waals surface area contributed by atoms with Gasteiger partial charge in [-0.2, -0.15) is 0 Å². The molecule has 0 radical (unpaired) electrons. The van der Waals surface area contributed by atoms with Crippen LogP contribution in [0.4, 0.5) is 0 Å². The predicted octanol–water partition coefficient (Wildman–Crippen LogP) is 3.20. The van der Waals surface area contributed by atoms with Crippen LogP contribution in [-0.2, 0) is 6.54 Å². The van der Waals surface area contributed by atoms with Crippen molar-refractivity contribution in [3.8, 4) is 0 Å². The molecule has 0 aliphatic rings. The summed E-state index contributed by atoms with van der Waals surface area (Å²) in [5.41, 5.74) is 0.265. The first kappa shape index (κ1) is 13.8. The fraction of sp³-hybridized carbons (Fsp3) is 0.500. The van der Waals surface area contributed by atoms with Crippen molar-refractivity contribution in [2.45, 2.75) is 26.0 Å². The average molecular weight is 262 g/mol. The molecule has 0 aliphatic heterocycles. The first-order valence-corrected chi connectivity index (χ1v) is 5.88. The molecule has 0 unspecified atom stereocenters. The summed E-state index contributed by atoms with van der Waals surface area (Å²) in [6, 6.07) is 5.41. The molecule has 0 fully saturated rings. The van der Waals surface area contributed by atoms with Crippen molar-refractivity contribution >= 4 is 23.2 Å². The number of aliphatic hydroxyl groups is 1. The van der Waals surface area contributed by atoms with E-state index in [9.17, 15) is 5.11 Å². The van der Waals surface area contributed by atoms with Crippen LogP contribution in [0.1, 0.15) is 19.4 Å². The van der Waals surface area contributed by atoms with Crippen molar-refractivity contribution in [3.05, 3.63) is 33.8 Å². The zero-order valence-electron chi connectivity index (χ0n) is 9.80. The molecule has 2 nitrogen and oxygen atoms in total. The second-order valence-corrected chi connectivity index (χ2v) is 5.56. The van der Waals surface area contributed by atoms with Gasteiger partial charge in [-0.15, -0.1) is 0 Å². The standard InChI is InChI=1S/C12H17Cl2NO/c1-12(2,16)8-15(3)7-9-6-10(13)4-5-11(9)14/h4-6,16H,7-8H2,1-3H3. The second kappa shape index (κ2) is 5.37. The van der Waals surface area contributed by atoms with Gasteiger partial charge >= 0.3 is 0 Å². The number of hydrogen-bond acceptors (Lipinski definition) is 2. The largest absolute Gasteiger partial charge is 0.389 e. The Morgan fingerprint density at radius 2 is 1.94 bits per heavy atom. The van der Waals surface area contributed by atoms with E-state index in [4.69, 9.17) is 23.2 Å². The molecular weight excluding hydrogens is 245 g/mol. The molecule has 0 aliphatic carbocycles. The van der Waals surface area contributed by atoms with Gasteiger partial charge in [-0.3, -0.25) is 4.90 Å². The van der Waals surface area contributed by atoms with Gasteiger partial charge in [-0.25, -0.2) is 0 Å². The van der Waals surface area contributed by atoms with E-state index < -0.39 is 5.60 Å². The first-order valence-electron chi connectivity index (χ1n) is 5.13. The minimum Gasteiger partial charge on any atom is -0.389 e.